The average molecular weight is 188 g/mol. The van der Waals surface area contributed by atoms with E-state index in [4.69, 9.17) is 5.73 Å². The highest BCUT2D eigenvalue weighted by Gasteiger charge is 2.18. The van der Waals surface area contributed by atoms with Gasteiger partial charge in [-0.25, -0.2) is 0 Å². The number of nitrogens with zero attached hydrogens (tertiary/aromatic N) is 1. The first-order valence-corrected chi connectivity index (χ1v) is 4.92. The molecule has 74 valence electrons. The van der Waals surface area contributed by atoms with Crippen molar-refractivity contribution in [3.05, 3.63) is 36.5 Å². The number of para-hydroxylation sites is 1. The van der Waals surface area contributed by atoms with Gasteiger partial charge >= 0.3 is 0 Å². The number of benzene rings is 1. The molecule has 0 fully saturated rings. The van der Waals surface area contributed by atoms with Gasteiger partial charge in [-0.05, 0) is 31.4 Å². The first-order valence-electron chi connectivity index (χ1n) is 4.92. The largest absolute Gasteiger partial charge is 0.341 e. The lowest BCUT2D eigenvalue weighted by Gasteiger charge is -2.26. The molecule has 0 spiro atoms. The van der Waals surface area contributed by atoms with Gasteiger partial charge in [0.25, 0.3) is 0 Å². The van der Waals surface area contributed by atoms with Gasteiger partial charge in [-0.3, -0.25) is 0 Å². The third kappa shape index (κ3) is 1.32. The lowest BCUT2D eigenvalue weighted by atomic mass is 10.1. The molecule has 0 atom stereocenters. The zero-order valence-electron chi connectivity index (χ0n) is 8.70. The average Bonchev–Trinajstić information content (AvgIpc) is 2.61. The Morgan fingerprint density at radius 3 is 2.64 bits per heavy atom. The summed E-state index contributed by atoms with van der Waals surface area (Å²) < 4.78 is 2.24. The zero-order valence-corrected chi connectivity index (χ0v) is 8.70. The molecule has 0 aliphatic heterocycles. The molecule has 2 N–H and O–H groups in total. The van der Waals surface area contributed by atoms with E-state index in [0.29, 0.717) is 6.54 Å². The lowest BCUT2D eigenvalue weighted by Crippen LogP contribution is -2.34. The first-order chi connectivity index (χ1) is 6.65. The lowest BCUT2D eigenvalue weighted by molar-refractivity contribution is 0.379. The van der Waals surface area contributed by atoms with Crippen LogP contribution in [0.3, 0.4) is 0 Å². The maximum atomic E-state index is 5.77. The van der Waals surface area contributed by atoms with Crippen LogP contribution in [0.1, 0.15) is 13.8 Å². The van der Waals surface area contributed by atoms with Gasteiger partial charge in [-0.1, -0.05) is 18.2 Å². The molecule has 1 aromatic heterocycles. The molecule has 2 heteroatoms. The minimum atomic E-state index is -0.0108. The van der Waals surface area contributed by atoms with Crippen LogP contribution in [0.4, 0.5) is 0 Å². The van der Waals surface area contributed by atoms with Crippen LogP contribution in [0.15, 0.2) is 36.5 Å². The Morgan fingerprint density at radius 2 is 1.93 bits per heavy atom. The van der Waals surface area contributed by atoms with E-state index in [1.807, 2.05) is 0 Å². The van der Waals surface area contributed by atoms with Crippen molar-refractivity contribution < 1.29 is 0 Å². The maximum Gasteiger partial charge on any atom is 0.0511 e. The van der Waals surface area contributed by atoms with E-state index in [0.717, 1.165) is 0 Å². The second-order valence-corrected chi connectivity index (χ2v) is 4.26. The van der Waals surface area contributed by atoms with Gasteiger partial charge in [-0.2, -0.15) is 0 Å². The van der Waals surface area contributed by atoms with Crippen LogP contribution in [-0.4, -0.2) is 11.1 Å². The highest BCUT2D eigenvalue weighted by molar-refractivity contribution is 5.80. The molecule has 0 aliphatic carbocycles. The highest BCUT2D eigenvalue weighted by atomic mass is 15.1. The van der Waals surface area contributed by atoms with Crippen molar-refractivity contribution in [1.29, 1.82) is 0 Å². The summed E-state index contributed by atoms with van der Waals surface area (Å²) in [4.78, 5) is 0. The smallest absolute Gasteiger partial charge is 0.0511 e. The van der Waals surface area contributed by atoms with Crippen molar-refractivity contribution in [3.8, 4) is 0 Å². The number of rotatable bonds is 2. The number of hydrogen-bond acceptors (Lipinski definition) is 1. The number of hydrogen-bond donors (Lipinski definition) is 1. The van der Waals surface area contributed by atoms with Gasteiger partial charge in [0.15, 0.2) is 0 Å². The number of nitrogens with two attached hydrogens (primary N) is 1. The fraction of sp³-hybridized carbons (Fsp3) is 0.333. The van der Waals surface area contributed by atoms with E-state index >= 15 is 0 Å². The van der Waals surface area contributed by atoms with Crippen molar-refractivity contribution in [2.75, 3.05) is 6.54 Å². The molecular formula is C12H16N2. The molecule has 2 aromatic rings. The Bertz CT molecular complexity index is 440. The van der Waals surface area contributed by atoms with Gasteiger partial charge in [0.2, 0.25) is 0 Å². The maximum absolute atomic E-state index is 5.77. The summed E-state index contributed by atoms with van der Waals surface area (Å²) in [5, 5.41) is 1.27. The van der Waals surface area contributed by atoms with Crippen molar-refractivity contribution >= 4 is 10.9 Å². The standard InChI is InChI=1S/C12H16N2/c1-12(2,9-13)14-8-7-10-5-3-4-6-11(10)14/h3-8H,9,13H2,1-2H3. The van der Waals surface area contributed by atoms with Crippen LogP contribution in [0.2, 0.25) is 0 Å². The topological polar surface area (TPSA) is 30.9 Å². The molecule has 1 aromatic carbocycles. The minimum Gasteiger partial charge on any atom is -0.341 e. The second kappa shape index (κ2) is 3.14. The van der Waals surface area contributed by atoms with Gasteiger partial charge in [0.05, 0.1) is 5.54 Å². The molecule has 14 heavy (non-hydrogen) atoms. The molecule has 0 aliphatic rings. The predicted molar refractivity (Wildman–Crippen MR) is 60.3 cm³/mol. The molecule has 2 rings (SSSR count). The molecule has 0 radical (unpaired) electrons. The summed E-state index contributed by atoms with van der Waals surface area (Å²) in [5.74, 6) is 0. The van der Waals surface area contributed by atoms with Crippen LogP contribution in [-0.2, 0) is 5.54 Å². The third-order valence-corrected chi connectivity index (χ3v) is 2.75. The quantitative estimate of drug-likeness (QED) is 0.770. The fourth-order valence-corrected chi connectivity index (χ4v) is 1.71. The molecular weight excluding hydrogens is 172 g/mol. The van der Waals surface area contributed by atoms with E-state index in [1.165, 1.54) is 10.9 Å². The van der Waals surface area contributed by atoms with Crippen molar-refractivity contribution in [2.24, 2.45) is 5.73 Å². The summed E-state index contributed by atoms with van der Waals surface area (Å²) in [7, 11) is 0. The molecule has 0 bridgehead atoms. The Labute approximate surface area is 84.3 Å². The van der Waals surface area contributed by atoms with E-state index in [2.05, 4.69) is 54.9 Å². The van der Waals surface area contributed by atoms with Gasteiger partial charge < -0.3 is 10.3 Å². The molecule has 0 saturated carbocycles. The highest BCUT2D eigenvalue weighted by Crippen LogP contribution is 2.22. The second-order valence-electron chi connectivity index (χ2n) is 4.26. The zero-order chi connectivity index (χ0) is 10.2. The number of fused-ring (bicyclic) bond motifs is 1. The van der Waals surface area contributed by atoms with Gasteiger partial charge in [0, 0.05) is 18.3 Å². The molecule has 0 amide bonds. The molecule has 1 heterocycles. The molecule has 0 saturated heterocycles. The van der Waals surface area contributed by atoms with Crippen LogP contribution >= 0.6 is 0 Å². The van der Waals surface area contributed by atoms with Gasteiger partial charge in [0.1, 0.15) is 0 Å². The van der Waals surface area contributed by atoms with Crippen LogP contribution in [0.25, 0.3) is 10.9 Å². The predicted octanol–water partition coefficient (Wildman–Crippen LogP) is 2.34. The SMILES string of the molecule is CC(C)(CN)n1ccc2ccccc21. The Hall–Kier alpha value is -1.28. The summed E-state index contributed by atoms with van der Waals surface area (Å²) in [6.45, 7) is 4.95. The van der Waals surface area contributed by atoms with Crippen molar-refractivity contribution in [1.82, 2.24) is 4.57 Å². The third-order valence-electron chi connectivity index (χ3n) is 2.75. The normalized spacial score (nSPS) is 12.2. The first kappa shape index (κ1) is 9.28. The van der Waals surface area contributed by atoms with Crippen LogP contribution < -0.4 is 5.73 Å². The summed E-state index contributed by atoms with van der Waals surface area (Å²) in [6.07, 6.45) is 2.11. The summed E-state index contributed by atoms with van der Waals surface area (Å²) >= 11 is 0. The molecule has 2 nitrogen and oxygen atoms in total. The number of aromatic nitrogens is 1. The van der Waals surface area contributed by atoms with E-state index in [-0.39, 0.29) is 5.54 Å². The Balaban J connectivity index is 2.64. The molecule has 0 unspecified atom stereocenters. The van der Waals surface area contributed by atoms with Gasteiger partial charge in [-0.15, -0.1) is 0 Å². The van der Waals surface area contributed by atoms with Crippen LogP contribution in [0, 0.1) is 0 Å². The van der Waals surface area contributed by atoms with E-state index < -0.39 is 0 Å². The Kier molecular flexibility index (Phi) is 2.08. The Morgan fingerprint density at radius 1 is 1.21 bits per heavy atom. The summed E-state index contributed by atoms with van der Waals surface area (Å²) in [6, 6.07) is 10.5. The minimum absolute atomic E-state index is 0.0108. The van der Waals surface area contributed by atoms with E-state index in [9.17, 15) is 0 Å². The van der Waals surface area contributed by atoms with Crippen LogP contribution in [0.5, 0.6) is 0 Å². The monoisotopic (exact) mass is 188 g/mol. The summed E-state index contributed by atoms with van der Waals surface area (Å²) in [5.41, 5.74) is 7.01. The van der Waals surface area contributed by atoms with Crippen molar-refractivity contribution in [3.63, 3.8) is 0 Å². The van der Waals surface area contributed by atoms with Crippen molar-refractivity contribution in [2.45, 2.75) is 19.4 Å². The fourth-order valence-electron chi connectivity index (χ4n) is 1.71. The van der Waals surface area contributed by atoms with E-state index in [1.54, 1.807) is 0 Å².